The molecule has 0 unspecified atom stereocenters. The number of nitrogens with zero attached hydrogens (tertiary/aromatic N) is 1. The van der Waals surface area contributed by atoms with Crippen molar-refractivity contribution in [1.29, 1.82) is 0 Å². The molecule has 0 atom stereocenters. The molecular formula is C7H11NO7P2. The average Bonchev–Trinajstić information content (AvgIpc) is 2.07. The molecule has 0 bridgehead atoms. The predicted octanol–water partition coefficient (Wildman–Crippen LogP) is -0.325. The summed E-state index contributed by atoms with van der Waals surface area (Å²) in [7, 11) is -8.80. The van der Waals surface area contributed by atoms with Crippen LogP contribution in [0.3, 0.4) is 0 Å². The Kier molecular flexibility index (Phi) is 4.09. The zero-order chi connectivity index (χ0) is 13.3. The summed E-state index contributed by atoms with van der Waals surface area (Å²) >= 11 is 0. The highest BCUT2D eigenvalue weighted by atomic mass is 31.2. The maximum absolute atomic E-state index is 11.6. The molecule has 1 aromatic rings. The topological polar surface area (TPSA) is 142 Å². The second-order valence-electron chi connectivity index (χ2n) is 3.45. The van der Waals surface area contributed by atoms with Gasteiger partial charge in [-0.05, 0) is 6.07 Å². The van der Waals surface area contributed by atoms with Gasteiger partial charge in [-0.15, -0.1) is 0 Å². The quantitative estimate of drug-likeness (QED) is 0.337. The SMILES string of the molecule is O=P(O)(O)Cc1cccc(CP(=O)(O)O)[n+]1[O-]. The molecule has 1 heterocycles. The van der Waals surface area contributed by atoms with Crippen molar-refractivity contribution in [3.05, 3.63) is 34.8 Å². The van der Waals surface area contributed by atoms with Crippen LogP contribution in [0.25, 0.3) is 0 Å². The standard InChI is InChI=1S/C7H11NO7P2/c9-8-6(4-16(10,11)12)2-1-3-7(8)5-17(13,14)15/h1-3H,4-5H2,(H2,10,11,12)(H2,13,14,15). The van der Waals surface area contributed by atoms with E-state index in [2.05, 4.69) is 0 Å². The fourth-order valence-electron chi connectivity index (χ4n) is 1.25. The molecule has 0 spiro atoms. The Balaban J connectivity index is 3.08. The average molecular weight is 283 g/mol. The molecule has 0 aromatic carbocycles. The Morgan fingerprint density at radius 3 is 1.65 bits per heavy atom. The molecule has 96 valence electrons. The fourth-order valence-corrected chi connectivity index (χ4v) is 2.56. The van der Waals surface area contributed by atoms with Crippen molar-refractivity contribution >= 4 is 15.2 Å². The number of hydrogen-bond acceptors (Lipinski definition) is 3. The van der Waals surface area contributed by atoms with Crippen LogP contribution in [0.5, 0.6) is 0 Å². The lowest BCUT2D eigenvalue weighted by atomic mass is 10.3. The van der Waals surface area contributed by atoms with E-state index in [4.69, 9.17) is 19.6 Å². The maximum atomic E-state index is 11.6. The van der Waals surface area contributed by atoms with Gasteiger partial charge in [0.05, 0.1) is 0 Å². The van der Waals surface area contributed by atoms with Crippen LogP contribution >= 0.6 is 15.2 Å². The van der Waals surface area contributed by atoms with Crippen LogP contribution in [-0.4, -0.2) is 19.6 Å². The van der Waals surface area contributed by atoms with E-state index < -0.39 is 27.5 Å². The van der Waals surface area contributed by atoms with Gasteiger partial charge in [0.25, 0.3) is 0 Å². The zero-order valence-electron chi connectivity index (χ0n) is 8.50. The molecular weight excluding hydrogens is 272 g/mol. The predicted molar refractivity (Wildman–Crippen MR) is 56.9 cm³/mol. The molecule has 0 amide bonds. The third-order valence-electron chi connectivity index (χ3n) is 1.83. The van der Waals surface area contributed by atoms with Gasteiger partial charge in [0.15, 0.2) is 0 Å². The van der Waals surface area contributed by atoms with E-state index in [-0.39, 0.29) is 16.1 Å². The molecule has 0 aliphatic heterocycles. The molecule has 0 aliphatic rings. The third-order valence-corrected chi connectivity index (χ3v) is 3.31. The zero-order valence-corrected chi connectivity index (χ0v) is 10.3. The van der Waals surface area contributed by atoms with Crippen LogP contribution < -0.4 is 4.73 Å². The Bertz CT molecular complexity index is 463. The highest BCUT2D eigenvalue weighted by Gasteiger charge is 2.25. The van der Waals surface area contributed by atoms with Crippen LogP contribution in [0.15, 0.2) is 18.2 Å². The molecule has 1 rings (SSSR count). The smallest absolute Gasteiger partial charge is 0.336 e. The summed E-state index contributed by atoms with van der Waals surface area (Å²) < 4.78 is 21.6. The first-order valence-corrected chi connectivity index (χ1v) is 7.97. The monoisotopic (exact) mass is 283 g/mol. The number of pyridine rings is 1. The van der Waals surface area contributed by atoms with E-state index in [0.29, 0.717) is 0 Å². The van der Waals surface area contributed by atoms with Crippen LogP contribution in [0.2, 0.25) is 0 Å². The number of hydrogen-bond donors (Lipinski definition) is 4. The number of rotatable bonds is 4. The largest absolute Gasteiger partial charge is 0.618 e. The first-order chi connectivity index (χ1) is 7.58. The molecule has 1 aromatic heterocycles. The molecule has 0 saturated carbocycles. The molecule has 8 nitrogen and oxygen atoms in total. The highest BCUT2D eigenvalue weighted by Crippen LogP contribution is 2.40. The summed E-state index contributed by atoms with van der Waals surface area (Å²) in [5.74, 6) is 0. The molecule has 0 radical (unpaired) electrons. The van der Waals surface area contributed by atoms with Gasteiger partial charge in [-0.3, -0.25) is 9.13 Å². The van der Waals surface area contributed by atoms with Crippen molar-refractivity contribution < 1.29 is 33.4 Å². The van der Waals surface area contributed by atoms with Gasteiger partial charge in [-0.1, -0.05) is 0 Å². The highest BCUT2D eigenvalue weighted by molar-refractivity contribution is 7.51. The molecule has 0 fully saturated rings. The van der Waals surface area contributed by atoms with E-state index >= 15 is 0 Å². The van der Waals surface area contributed by atoms with Gasteiger partial charge >= 0.3 is 15.2 Å². The van der Waals surface area contributed by atoms with E-state index in [1.54, 1.807) is 0 Å². The fraction of sp³-hybridized carbons (Fsp3) is 0.286. The minimum atomic E-state index is -4.40. The van der Waals surface area contributed by atoms with Gasteiger partial charge in [0, 0.05) is 12.1 Å². The Morgan fingerprint density at radius 1 is 1.00 bits per heavy atom. The normalized spacial score (nSPS) is 12.7. The molecule has 0 aliphatic carbocycles. The van der Waals surface area contributed by atoms with Crippen molar-refractivity contribution in [3.8, 4) is 0 Å². The van der Waals surface area contributed by atoms with Crippen LogP contribution in [0, 0.1) is 5.21 Å². The first-order valence-electron chi connectivity index (χ1n) is 4.38. The second kappa shape index (κ2) is 4.86. The van der Waals surface area contributed by atoms with Crippen molar-refractivity contribution in [2.75, 3.05) is 0 Å². The first kappa shape index (κ1) is 14.3. The summed E-state index contributed by atoms with van der Waals surface area (Å²) in [6.45, 7) is 0. The van der Waals surface area contributed by atoms with Crippen molar-refractivity contribution in [2.45, 2.75) is 12.3 Å². The summed E-state index contributed by atoms with van der Waals surface area (Å²) in [6.07, 6.45) is -1.54. The van der Waals surface area contributed by atoms with Crippen LogP contribution in [0.1, 0.15) is 11.4 Å². The van der Waals surface area contributed by atoms with Crippen LogP contribution in [-0.2, 0) is 21.5 Å². The summed E-state index contributed by atoms with van der Waals surface area (Å²) in [6, 6.07) is 3.69. The minimum absolute atomic E-state index is 0.137. The lowest BCUT2D eigenvalue weighted by Gasteiger charge is -2.10. The lowest BCUT2D eigenvalue weighted by molar-refractivity contribution is -0.620. The lowest BCUT2D eigenvalue weighted by Crippen LogP contribution is -2.36. The molecule has 10 heteroatoms. The van der Waals surface area contributed by atoms with Gasteiger partial charge in [0.1, 0.15) is 12.3 Å². The van der Waals surface area contributed by atoms with E-state index in [9.17, 15) is 14.3 Å². The number of aromatic nitrogens is 1. The molecule has 0 saturated heterocycles. The van der Waals surface area contributed by atoms with Gasteiger partial charge in [-0.2, -0.15) is 4.73 Å². The summed E-state index contributed by atoms with van der Waals surface area (Å²) in [4.78, 5) is 34.9. The summed E-state index contributed by atoms with van der Waals surface area (Å²) in [5.41, 5.74) is -0.464. The maximum Gasteiger partial charge on any atom is 0.336 e. The van der Waals surface area contributed by atoms with E-state index in [0.717, 1.165) is 0 Å². The second-order valence-corrected chi connectivity index (χ2v) is 6.74. The van der Waals surface area contributed by atoms with E-state index in [1.807, 2.05) is 0 Å². The minimum Gasteiger partial charge on any atom is -0.618 e. The molecule has 4 N–H and O–H groups in total. The Hall–Kier alpha value is -0.750. The van der Waals surface area contributed by atoms with Gasteiger partial charge in [0.2, 0.25) is 11.4 Å². The molecule has 17 heavy (non-hydrogen) atoms. The van der Waals surface area contributed by atoms with Crippen LogP contribution in [0.4, 0.5) is 0 Å². The Labute approximate surface area is 96.4 Å². The van der Waals surface area contributed by atoms with Crippen molar-refractivity contribution in [2.24, 2.45) is 0 Å². The third kappa shape index (κ3) is 4.95. The summed E-state index contributed by atoms with van der Waals surface area (Å²) in [5, 5.41) is 11.6. The Morgan fingerprint density at radius 2 is 1.35 bits per heavy atom. The van der Waals surface area contributed by atoms with Crippen molar-refractivity contribution in [3.63, 3.8) is 0 Å². The van der Waals surface area contributed by atoms with E-state index in [1.165, 1.54) is 18.2 Å². The van der Waals surface area contributed by atoms with Gasteiger partial charge < -0.3 is 24.8 Å². The van der Waals surface area contributed by atoms with Gasteiger partial charge in [-0.25, -0.2) is 0 Å². The van der Waals surface area contributed by atoms with Crippen molar-refractivity contribution in [1.82, 2.24) is 0 Å².